The van der Waals surface area contributed by atoms with Gasteiger partial charge in [-0.05, 0) is 12.1 Å². The van der Waals surface area contributed by atoms with Crippen molar-refractivity contribution in [1.29, 1.82) is 0 Å². The zero-order valence-corrected chi connectivity index (χ0v) is 9.62. The Balaban J connectivity index is 2.57. The van der Waals surface area contributed by atoms with E-state index in [9.17, 15) is 13.2 Å². The minimum Gasteiger partial charge on any atom is -0.397 e. The number of carbonyl (C=O) groups excluding carboxylic acids is 1. The van der Waals surface area contributed by atoms with Gasteiger partial charge in [-0.25, -0.2) is 13.4 Å². The standard InChI is InChI=1S/C9H13N3O3S/c1-16(14,15)6-5-12-9(13)8-7(10)3-2-4-11-8/h2-4H,5-6,10H2,1H3,(H,12,13). The summed E-state index contributed by atoms with van der Waals surface area (Å²) in [7, 11) is -3.08. The summed E-state index contributed by atoms with van der Waals surface area (Å²) in [6.07, 6.45) is 2.55. The van der Waals surface area contributed by atoms with E-state index in [-0.39, 0.29) is 23.7 Å². The van der Waals surface area contributed by atoms with E-state index in [0.717, 1.165) is 6.26 Å². The van der Waals surface area contributed by atoms with Crippen molar-refractivity contribution in [3.05, 3.63) is 24.0 Å². The molecule has 0 saturated carbocycles. The van der Waals surface area contributed by atoms with Gasteiger partial charge >= 0.3 is 0 Å². The third kappa shape index (κ3) is 3.85. The van der Waals surface area contributed by atoms with Crippen LogP contribution in [0.15, 0.2) is 18.3 Å². The van der Waals surface area contributed by atoms with Crippen molar-refractivity contribution in [2.75, 3.05) is 24.3 Å². The Hall–Kier alpha value is -1.63. The monoisotopic (exact) mass is 243 g/mol. The summed E-state index contributed by atoms with van der Waals surface area (Å²) in [6, 6.07) is 3.17. The number of nitrogens with one attached hydrogen (secondary N) is 1. The zero-order valence-electron chi connectivity index (χ0n) is 8.80. The minimum atomic E-state index is -3.08. The molecule has 16 heavy (non-hydrogen) atoms. The highest BCUT2D eigenvalue weighted by molar-refractivity contribution is 7.90. The topological polar surface area (TPSA) is 102 Å². The van der Waals surface area contributed by atoms with Gasteiger partial charge in [0.15, 0.2) is 5.69 Å². The molecule has 1 rings (SSSR count). The Kier molecular flexibility index (Phi) is 3.83. The molecule has 0 aromatic carbocycles. The second kappa shape index (κ2) is 4.93. The number of pyridine rings is 1. The highest BCUT2D eigenvalue weighted by atomic mass is 32.2. The molecule has 0 spiro atoms. The smallest absolute Gasteiger partial charge is 0.272 e. The van der Waals surface area contributed by atoms with Crippen LogP contribution in [0.2, 0.25) is 0 Å². The lowest BCUT2D eigenvalue weighted by Gasteiger charge is -2.05. The van der Waals surface area contributed by atoms with Crippen molar-refractivity contribution in [3.63, 3.8) is 0 Å². The molecule has 0 aliphatic rings. The maximum absolute atomic E-state index is 11.5. The molecule has 3 N–H and O–H groups in total. The van der Waals surface area contributed by atoms with Gasteiger partial charge in [-0.3, -0.25) is 4.79 Å². The van der Waals surface area contributed by atoms with Gasteiger partial charge in [0.1, 0.15) is 9.84 Å². The van der Waals surface area contributed by atoms with Crippen LogP contribution in [0.4, 0.5) is 5.69 Å². The highest BCUT2D eigenvalue weighted by Gasteiger charge is 2.10. The lowest BCUT2D eigenvalue weighted by molar-refractivity contribution is 0.0952. The average Bonchev–Trinajstić information content (AvgIpc) is 2.16. The predicted octanol–water partition coefficient (Wildman–Crippen LogP) is -0.562. The van der Waals surface area contributed by atoms with E-state index in [4.69, 9.17) is 5.73 Å². The molecule has 0 aliphatic heterocycles. The maximum atomic E-state index is 11.5. The molecule has 0 radical (unpaired) electrons. The van der Waals surface area contributed by atoms with Crippen LogP contribution in [0.5, 0.6) is 0 Å². The van der Waals surface area contributed by atoms with Crippen molar-refractivity contribution >= 4 is 21.4 Å². The van der Waals surface area contributed by atoms with Crippen LogP contribution in [-0.4, -0.2) is 37.9 Å². The molecule has 7 heteroatoms. The number of amides is 1. The zero-order chi connectivity index (χ0) is 12.2. The number of aromatic nitrogens is 1. The average molecular weight is 243 g/mol. The number of nitrogen functional groups attached to an aromatic ring is 1. The maximum Gasteiger partial charge on any atom is 0.272 e. The summed E-state index contributed by atoms with van der Waals surface area (Å²) >= 11 is 0. The second-order valence-electron chi connectivity index (χ2n) is 3.33. The quantitative estimate of drug-likeness (QED) is 0.738. The van der Waals surface area contributed by atoms with Crippen molar-refractivity contribution in [2.24, 2.45) is 0 Å². The van der Waals surface area contributed by atoms with Gasteiger partial charge < -0.3 is 11.1 Å². The first-order valence-corrected chi connectivity index (χ1v) is 6.62. The van der Waals surface area contributed by atoms with Crippen molar-refractivity contribution in [1.82, 2.24) is 10.3 Å². The fraction of sp³-hybridized carbons (Fsp3) is 0.333. The summed E-state index contributed by atoms with van der Waals surface area (Å²) in [6.45, 7) is 0.0493. The third-order valence-electron chi connectivity index (χ3n) is 1.81. The van der Waals surface area contributed by atoms with E-state index >= 15 is 0 Å². The molecule has 1 aromatic rings. The van der Waals surface area contributed by atoms with Crippen molar-refractivity contribution < 1.29 is 13.2 Å². The van der Waals surface area contributed by atoms with Crippen molar-refractivity contribution in [2.45, 2.75) is 0 Å². The number of carbonyl (C=O) groups is 1. The van der Waals surface area contributed by atoms with Gasteiger partial charge in [0.2, 0.25) is 0 Å². The Morgan fingerprint density at radius 3 is 2.81 bits per heavy atom. The van der Waals surface area contributed by atoms with Gasteiger partial charge in [-0.2, -0.15) is 0 Å². The second-order valence-corrected chi connectivity index (χ2v) is 5.59. The number of nitrogens with two attached hydrogens (primary N) is 1. The molecule has 0 atom stereocenters. The van der Waals surface area contributed by atoms with Crippen LogP contribution >= 0.6 is 0 Å². The summed E-state index contributed by atoms with van der Waals surface area (Å²) in [5.74, 6) is -0.576. The Bertz CT molecular complexity index is 485. The van der Waals surface area contributed by atoms with E-state index in [2.05, 4.69) is 10.3 Å². The highest BCUT2D eigenvalue weighted by Crippen LogP contribution is 2.05. The molecule has 6 nitrogen and oxygen atoms in total. The van der Waals surface area contributed by atoms with E-state index in [1.165, 1.54) is 6.20 Å². The largest absolute Gasteiger partial charge is 0.397 e. The van der Waals surface area contributed by atoms with Crippen LogP contribution < -0.4 is 11.1 Å². The molecule has 0 unspecified atom stereocenters. The number of rotatable bonds is 4. The molecule has 1 heterocycles. The number of sulfone groups is 1. The molecule has 0 saturated heterocycles. The Morgan fingerprint density at radius 1 is 1.56 bits per heavy atom. The fourth-order valence-corrected chi connectivity index (χ4v) is 1.51. The van der Waals surface area contributed by atoms with Crippen LogP contribution in [0.3, 0.4) is 0 Å². The van der Waals surface area contributed by atoms with Crippen LogP contribution in [0.25, 0.3) is 0 Å². The first-order valence-electron chi connectivity index (χ1n) is 4.56. The fourth-order valence-electron chi connectivity index (χ4n) is 1.04. The molecule has 0 aliphatic carbocycles. The van der Waals surface area contributed by atoms with Gasteiger partial charge in [0.05, 0.1) is 11.4 Å². The van der Waals surface area contributed by atoms with E-state index < -0.39 is 15.7 Å². The first kappa shape index (κ1) is 12.4. The molecular formula is C9H13N3O3S. The Labute approximate surface area is 93.8 Å². The number of nitrogens with zero attached hydrogens (tertiary/aromatic N) is 1. The molecule has 1 aromatic heterocycles. The van der Waals surface area contributed by atoms with E-state index in [1.54, 1.807) is 12.1 Å². The summed E-state index contributed by atoms with van der Waals surface area (Å²) < 4.78 is 21.6. The van der Waals surface area contributed by atoms with Crippen LogP contribution in [0, 0.1) is 0 Å². The lowest BCUT2D eigenvalue weighted by Crippen LogP contribution is -2.30. The van der Waals surface area contributed by atoms with E-state index in [0.29, 0.717) is 0 Å². The van der Waals surface area contributed by atoms with Gasteiger partial charge in [0.25, 0.3) is 5.91 Å². The summed E-state index contributed by atoms with van der Waals surface area (Å²) in [4.78, 5) is 15.3. The van der Waals surface area contributed by atoms with Gasteiger partial charge in [-0.15, -0.1) is 0 Å². The van der Waals surface area contributed by atoms with E-state index in [1.807, 2.05) is 0 Å². The molecular weight excluding hydrogens is 230 g/mol. The number of hydrogen-bond donors (Lipinski definition) is 2. The van der Waals surface area contributed by atoms with Crippen LogP contribution in [-0.2, 0) is 9.84 Å². The molecule has 88 valence electrons. The normalized spacial score (nSPS) is 11.1. The Morgan fingerprint density at radius 2 is 2.25 bits per heavy atom. The molecule has 0 fully saturated rings. The van der Waals surface area contributed by atoms with Gasteiger partial charge in [0, 0.05) is 19.0 Å². The van der Waals surface area contributed by atoms with Crippen LogP contribution in [0.1, 0.15) is 10.5 Å². The third-order valence-corrected chi connectivity index (χ3v) is 2.76. The number of hydrogen-bond acceptors (Lipinski definition) is 5. The predicted molar refractivity (Wildman–Crippen MR) is 60.7 cm³/mol. The van der Waals surface area contributed by atoms with Crippen molar-refractivity contribution in [3.8, 4) is 0 Å². The SMILES string of the molecule is CS(=O)(=O)CCNC(=O)c1ncccc1N. The molecule has 1 amide bonds. The van der Waals surface area contributed by atoms with Gasteiger partial charge in [-0.1, -0.05) is 0 Å². The molecule has 0 bridgehead atoms. The number of anilines is 1. The lowest BCUT2D eigenvalue weighted by atomic mass is 10.3. The summed E-state index contributed by atoms with van der Waals surface area (Å²) in [5.41, 5.74) is 5.91. The minimum absolute atomic E-state index is 0.0493. The first-order chi connectivity index (χ1) is 7.40. The summed E-state index contributed by atoms with van der Waals surface area (Å²) in [5, 5.41) is 2.44.